The molecule has 1 amide bonds. The van der Waals surface area contributed by atoms with Gasteiger partial charge in [-0.3, -0.25) is 4.79 Å². The summed E-state index contributed by atoms with van der Waals surface area (Å²) in [6, 6.07) is 20.8. The number of rotatable bonds is 9. The summed E-state index contributed by atoms with van der Waals surface area (Å²) in [7, 11) is 0. The fourth-order valence-corrected chi connectivity index (χ4v) is 3.06. The van der Waals surface area contributed by atoms with Crippen LogP contribution in [0.4, 0.5) is 5.69 Å². The number of ether oxygens (including phenoxy) is 2. The molecule has 0 spiro atoms. The third-order valence-electron chi connectivity index (χ3n) is 4.85. The number of hydrogen-bond donors (Lipinski definition) is 2. The molecule has 0 radical (unpaired) electrons. The minimum atomic E-state index is -0.987. The topological polar surface area (TPSA) is 109 Å². The molecule has 3 aromatic carbocycles. The number of carbonyl (C=O) groups excluding carboxylic acids is 1. The van der Waals surface area contributed by atoms with Gasteiger partial charge in [0.05, 0.1) is 12.2 Å². The Bertz CT molecular complexity index is 1240. The number of aromatic carboxylic acids is 1. The van der Waals surface area contributed by atoms with Gasteiger partial charge in [-0.1, -0.05) is 35.9 Å². The Kier molecular flexibility index (Phi) is 8.03. The molecule has 34 heavy (non-hydrogen) atoms. The van der Waals surface area contributed by atoms with E-state index in [0.29, 0.717) is 29.4 Å². The highest BCUT2D eigenvalue weighted by Gasteiger charge is 2.12. The Morgan fingerprint density at radius 2 is 1.71 bits per heavy atom. The summed E-state index contributed by atoms with van der Waals surface area (Å²) >= 11 is 0. The predicted molar refractivity (Wildman–Crippen MR) is 129 cm³/mol. The smallest absolute Gasteiger partial charge is 0.335 e. The van der Waals surface area contributed by atoms with E-state index < -0.39 is 11.9 Å². The number of nitrogens with one attached hydrogen (secondary N) is 1. The molecule has 0 aromatic heterocycles. The molecule has 0 atom stereocenters. The van der Waals surface area contributed by atoms with Crippen LogP contribution in [0.5, 0.6) is 11.5 Å². The van der Waals surface area contributed by atoms with E-state index in [1.807, 2.05) is 32.0 Å². The molecule has 0 saturated heterocycles. The lowest BCUT2D eigenvalue weighted by molar-refractivity contribution is -0.112. The molecule has 0 aliphatic carbocycles. The summed E-state index contributed by atoms with van der Waals surface area (Å²) in [5.74, 6) is -0.535. The first-order valence-corrected chi connectivity index (χ1v) is 10.6. The Hall–Kier alpha value is -4.57. The molecule has 0 unspecified atom stereocenters. The average molecular weight is 456 g/mol. The maximum atomic E-state index is 12.5. The Morgan fingerprint density at radius 1 is 1.00 bits per heavy atom. The number of nitrogens with zero attached hydrogens (tertiary/aromatic N) is 1. The van der Waals surface area contributed by atoms with Gasteiger partial charge in [0.25, 0.3) is 5.91 Å². The number of benzene rings is 3. The zero-order valence-electron chi connectivity index (χ0n) is 18.9. The van der Waals surface area contributed by atoms with Crippen molar-refractivity contribution in [2.75, 3.05) is 11.9 Å². The second-order valence-corrected chi connectivity index (χ2v) is 7.42. The van der Waals surface area contributed by atoms with Gasteiger partial charge in [0.15, 0.2) is 11.5 Å². The van der Waals surface area contributed by atoms with Crippen LogP contribution in [0.15, 0.2) is 72.3 Å². The molecule has 0 heterocycles. The van der Waals surface area contributed by atoms with Crippen LogP contribution >= 0.6 is 0 Å². The molecule has 3 rings (SSSR count). The van der Waals surface area contributed by atoms with E-state index in [-0.39, 0.29) is 17.7 Å². The van der Waals surface area contributed by atoms with Gasteiger partial charge >= 0.3 is 5.97 Å². The Labute approximate surface area is 197 Å². The van der Waals surface area contributed by atoms with Crippen molar-refractivity contribution in [1.82, 2.24) is 0 Å². The molecule has 0 bridgehead atoms. The number of carboxylic acids is 1. The second kappa shape index (κ2) is 11.3. The third-order valence-corrected chi connectivity index (χ3v) is 4.85. The summed E-state index contributed by atoms with van der Waals surface area (Å²) in [4.78, 5) is 23.5. The van der Waals surface area contributed by atoms with Gasteiger partial charge < -0.3 is 19.9 Å². The summed E-state index contributed by atoms with van der Waals surface area (Å²) in [5, 5.41) is 21.2. The minimum absolute atomic E-state index is 0.0461. The molecule has 0 fully saturated rings. The first-order valence-electron chi connectivity index (χ1n) is 10.6. The first kappa shape index (κ1) is 24.1. The van der Waals surface area contributed by atoms with Gasteiger partial charge in [-0.25, -0.2) is 4.79 Å². The quantitative estimate of drug-likeness (QED) is 0.338. The van der Waals surface area contributed by atoms with Gasteiger partial charge in [-0.2, -0.15) is 5.26 Å². The van der Waals surface area contributed by atoms with Gasteiger partial charge in [0.1, 0.15) is 18.2 Å². The van der Waals surface area contributed by atoms with E-state index in [1.165, 1.54) is 18.2 Å². The summed E-state index contributed by atoms with van der Waals surface area (Å²) in [6.07, 6.45) is 1.49. The normalized spacial score (nSPS) is 10.8. The van der Waals surface area contributed by atoms with Crippen molar-refractivity contribution >= 4 is 23.6 Å². The van der Waals surface area contributed by atoms with Crippen LogP contribution in [0.25, 0.3) is 6.08 Å². The molecule has 7 heteroatoms. The van der Waals surface area contributed by atoms with Gasteiger partial charge in [0.2, 0.25) is 0 Å². The molecular weight excluding hydrogens is 432 g/mol. The van der Waals surface area contributed by atoms with Crippen molar-refractivity contribution in [2.24, 2.45) is 0 Å². The number of nitriles is 1. The van der Waals surface area contributed by atoms with Gasteiger partial charge in [-0.05, 0) is 67.4 Å². The van der Waals surface area contributed by atoms with E-state index in [1.54, 1.807) is 42.5 Å². The zero-order valence-corrected chi connectivity index (χ0v) is 18.9. The first-order chi connectivity index (χ1) is 16.4. The number of carboxylic acid groups (broad SMARTS) is 1. The van der Waals surface area contributed by atoms with Gasteiger partial charge in [-0.15, -0.1) is 0 Å². The largest absolute Gasteiger partial charge is 0.490 e. The van der Waals surface area contributed by atoms with Crippen molar-refractivity contribution in [2.45, 2.75) is 20.5 Å². The Balaban J connectivity index is 1.75. The van der Waals surface area contributed by atoms with Crippen molar-refractivity contribution in [3.63, 3.8) is 0 Å². The van der Waals surface area contributed by atoms with Crippen LogP contribution in [0.2, 0.25) is 0 Å². The van der Waals surface area contributed by atoms with Gasteiger partial charge in [0, 0.05) is 5.69 Å². The summed E-state index contributed by atoms with van der Waals surface area (Å²) < 4.78 is 11.5. The van der Waals surface area contributed by atoms with Crippen molar-refractivity contribution < 1.29 is 24.2 Å². The maximum Gasteiger partial charge on any atom is 0.335 e. The SMILES string of the molecule is CCOc1cc(/C=C(\C#N)C(=O)Nc2ccc(C)cc2)ccc1OCc1ccc(C(=O)O)cc1. The fraction of sp³-hybridized carbons (Fsp3) is 0.148. The molecule has 172 valence electrons. The minimum Gasteiger partial charge on any atom is -0.490 e. The molecule has 0 aliphatic rings. The molecule has 3 aromatic rings. The zero-order chi connectivity index (χ0) is 24.5. The lowest BCUT2D eigenvalue weighted by Crippen LogP contribution is -2.13. The molecule has 2 N–H and O–H groups in total. The van der Waals surface area contributed by atoms with Crippen molar-refractivity contribution in [3.05, 3.63) is 94.6 Å². The summed E-state index contributed by atoms with van der Waals surface area (Å²) in [5.41, 5.74) is 3.24. The van der Waals surface area contributed by atoms with Crippen LogP contribution in [0.3, 0.4) is 0 Å². The van der Waals surface area contributed by atoms with E-state index in [9.17, 15) is 14.9 Å². The van der Waals surface area contributed by atoms with Crippen molar-refractivity contribution in [3.8, 4) is 17.6 Å². The van der Waals surface area contributed by atoms with E-state index >= 15 is 0 Å². The van der Waals surface area contributed by atoms with Crippen LogP contribution in [-0.4, -0.2) is 23.6 Å². The second-order valence-electron chi connectivity index (χ2n) is 7.42. The van der Waals surface area contributed by atoms with E-state index in [0.717, 1.165) is 11.1 Å². The van der Waals surface area contributed by atoms with Crippen LogP contribution in [0, 0.1) is 18.3 Å². The predicted octanol–water partition coefficient (Wildman–Crippen LogP) is 5.22. The van der Waals surface area contributed by atoms with Crippen LogP contribution < -0.4 is 14.8 Å². The number of anilines is 1. The number of hydrogen-bond acceptors (Lipinski definition) is 5. The lowest BCUT2D eigenvalue weighted by Gasteiger charge is -2.13. The fourth-order valence-electron chi connectivity index (χ4n) is 3.06. The number of aryl methyl sites for hydroxylation is 1. The van der Waals surface area contributed by atoms with Crippen LogP contribution in [0.1, 0.15) is 34.0 Å². The highest BCUT2D eigenvalue weighted by molar-refractivity contribution is 6.09. The van der Waals surface area contributed by atoms with E-state index in [2.05, 4.69) is 5.32 Å². The third kappa shape index (κ3) is 6.47. The Morgan fingerprint density at radius 3 is 2.32 bits per heavy atom. The van der Waals surface area contributed by atoms with Crippen LogP contribution in [-0.2, 0) is 11.4 Å². The average Bonchev–Trinajstić information content (AvgIpc) is 2.83. The lowest BCUT2D eigenvalue weighted by atomic mass is 10.1. The molecule has 0 aliphatic heterocycles. The highest BCUT2D eigenvalue weighted by atomic mass is 16.5. The maximum absolute atomic E-state index is 12.5. The summed E-state index contributed by atoms with van der Waals surface area (Å²) in [6.45, 7) is 4.41. The van der Waals surface area contributed by atoms with Crippen molar-refractivity contribution in [1.29, 1.82) is 5.26 Å². The number of carbonyl (C=O) groups is 2. The molecule has 7 nitrogen and oxygen atoms in total. The standard InChI is InChI=1S/C27H24N2O5/c1-3-33-25-15-20(14-22(16-28)26(30)29-23-11-4-18(2)5-12-23)8-13-24(25)34-17-19-6-9-21(10-7-19)27(31)32/h4-15H,3,17H2,1-2H3,(H,29,30)(H,31,32)/b22-14+. The molecule has 0 saturated carbocycles. The monoisotopic (exact) mass is 456 g/mol. The van der Waals surface area contributed by atoms with E-state index in [4.69, 9.17) is 14.6 Å². The number of amides is 1. The molecular formula is C27H24N2O5. The highest BCUT2D eigenvalue weighted by Crippen LogP contribution is 2.30.